The minimum Gasteiger partial charge on any atom is -0.364 e. The fourth-order valence-corrected chi connectivity index (χ4v) is 1.83. The molecule has 0 N–H and O–H groups in total. The van der Waals surface area contributed by atoms with Crippen molar-refractivity contribution in [2.75, 3.05) is 13.1 Å². The molecule has 0 aliphatic heterocycles. The van der Waals surface area contributed by atoms with Gasteiger partial charge in [-0.2, -0.15) is 0 Å². The van der Waals surface area contributed by atoms with Crippen molar-refractivity contribution in [2.24, 2.45) is 0 Å². The van der Waals surface area contributed by atoms with Crippen LogP contribution in [0.15, 0.2) is 12.2 Å². The Morgan fingerprint density at radius 1 is 0.947 bits per heavy atom. The standard InChI is InChI=1S/C16H31NO2/c1-5-7-9-11-13-17(14-12-10-8-6-2)19-16(18)15(3)4/h3,5-14H2,1-2,4H3. The summed E-state index contributed by atoms with van der Waals surface area (Å²) in [6.07, 6.45) is 9.52. The van der Waals surface area contributed by atoms with Gasteiger partial charge in [0, 0.05) is 18.7 Å². The van der Waals surface area contributed by atoms with E-state index in [1.165, 1.54) is 38.5 Å². The summed E-state index contributed by atoms with van der Waals surface area (Å²) in [5.41, 5.74) is 0.465. The molecule has 19 heavy (non-hydrogen) atoms. The largest absolute Gasteiger partial charge is 0.364 e. The van der Waals surface area contributed by atoms with Gasteiger partial charge in [-0.05, 0) is 19.8 Å². The number of rotatable bonds is 12. The first-order valence-electron chi connectivity index (χ1n) is 7.74. The minimum atomic E-state index is -0.300. The molecule has 0 amide bonds. The first kappa shape index (κ1) is 18.2. The Balaban J connectivity index is 3.99. The van der Waals surface area contributed by atoms with Gasteiger partial charge in [-0.1, -0.05) is 59.0 Å². The number of carbonyl (C=O) groups is 1. The number of unbranched alkanes of at least 4 members (excludes halogenated alkanes) is 6. The molecule has 3 heteroatoms. The third-order valence-corrected chi connectivity index (χ3v) is 3.08. The predicted octanol–water partition coefficient (Wildman–Crippen LogP) is 4.48. The van der Waals surface area contributed by atoms with Crippen molar-refractivity contribution in [3.63, 3.8) is 0 Å². The van der Waals surface area contributed by atoms with Crippen molar-refractivity contribution >= 4 is 5.97 Å². The summed E-state index contributed by atoms with van der Waals surface area (Å²) in [4.78, 5) is 16.9. The Morgan fingerprint density at radius 2 is 1.42 bits per heavy atom. The molecule has 0 aliphatic carbocycles. The van der Waals surface area contributed by atoms with Crippen molar-refractivity contribution < 1.29 is 9.63 Å². The fraction of sp³-hybridized carbons (Fsp3) is 0.812. The van der Waals surface area contributed by atoms with Crippen LogP contribution in [0.25, 0.3) is 0 Å². The lowest BCUT2D eigenvalue weighted by Crippen LogP contribution is -2.29. The highest BCUT2D eigenvalue weighted by molar-refractivity contribution is 5.86. The fourth-order valence-electron chi connectivity index (χ4n) is 1.83. The summed E-state index contributed by atoms with van der Waals surface area (Å²) in [6.45, 7) is 11.4. The molecule has 0 unspecified atom stereocenters. The quantitative estimate of drug-likeness (QED) is 0.297. The van der Waals surface area contributed by atoms with Crippen molar-refractivity contribution in [3.8, 4) is 0 Å². The Morgan fingerprint density at radius 3 is 1.79 bits per heavy atom. The van der Waals surface area contributed by atoms with Crippen LogP contribution >= 0.6 is 0 Å². The molecular weight excluding hydrogens is 238 g/mol. The van der Waals surface area contributed by atoms with Crippen LogP contribution in [-0.4, -0.2) is 24.1 Å². The average Bonchev–Trinajstić information content (AvgIpc) is 2.38. The van der Waals surface area contributed by atoms with Crippen LogP contribution in [0.1, 0.15) is 72.1 Å². The maximum atomic E-state index is 11.6. The van der Waals surface area contributed by atoms with E-state index in [4.69, 9.17) is 4.84 Å². The minimum absolute atomic E-state index is 0.300. The molecule has 0 aromatic rings. The molecule has 0 aliphatic rings. The summed E-state index contributed by atoms with van der Waals surface area (Å²) < 4.78 is 0. The predicted molar refractivity (Wildman–Crippen MR) is 80.8 cm³/mol. The summed E-state index contributed by atoms with van der Waals surface area (Å²) >= 11 is 0. The van der Waals surface area contributed by atoms with E-state index in [9.17, 15) is 4.79 Å². The SMILES string of the molecule is C=C(C)C(=O)ON(CCCCCC)CCCCCC. The van der Waals surface area contributed by atoms with Gasteiger partial charge in [0.2, 0.25) is 0 Å². The van der Waals surface area contributed by atoms with Crippen LogP contribution in [0.4, 0.5) is 0 Å². The molecule has 0 saturated carbocycles. The average molecular weight is 269 g/mol. The monoisotopic (exact) mass is 269 g/mol. The van der Waals surface area contributed by atoms with Crippen LogP contribution < -0.4 is 0 Å². The van der Waals surface area contributed by atoms with Crippen LogP contribution in [0.3, 0.4) is 0 Å². The van der Waals surface area contributed by atoms with Gasteiger partial charge in [0.15, 0.2) is 0 Å². The summed E-state index contributed by atoms with van der Waals surface area (Å²) in [7, 11) is 0. The molecule has 0 radical (unpaired) electrons. The topological polar surface area (TPSA) is 29.5 Å². The first-order chi connectivity index (χ1) is 9.11. The van der Waals surface area contributed by atoms with Crippen LogP contribution in [-0.2, 0) is 9.63 Å². The Kier molecular flexibility index (Phi) is 11.7. The second-order valence-electron chi connectivity index (χ2n) is 5.21. The van der Waals surface area contributed by atoms with Crippen LogP contribution in [0.5, 0.6) is 0 Å². The van der Waals surface area contributed by atoms with Crippen molar-refractivity contribution in [1.29, 1.82) is 0 Å². The molecule has 3 nitrogen and oxygen atoms in total. The second kappa shape index (κ2) is 12.2. The highest BCUT2D eigenvalue weighted by atomic mass is 16.7. The Hall–Kier alpha value is -0.830. The van der Waals surface area contributed by atoms with Gasteiger partial charge >= 0.3 is 5.97 Å². The van der Waals surface area contributed by atoms with Crippen LogP contribution in [0, 0.1) is 0 Å². The molecule has 0 spiro atoms. The Bertz CT molecular complexity index is 239. The van der Waals surface area contributed by atoms with E-state index in [1.54, 1.807) is 6.92 Å². The lowest BCUT2D eigenvalue weighted by atomic mass is 10.2. The number of hydrogen-bond donors (Lipinski definition) is 0. The number of hydroxylamine groups is 2. The first-order valence-corrected chi connectivity index (χ1v) is 7.74. The molecule has 0 heterocycles. The lowest BCUT2D eigenvalue weighted by Gasteiger charge is -2.21. The maximum absolute atomic E-state index is 11.6. The van der Waals surface area contributed by atoms with Crippen molar-refractivity contribution in [1.82, 2.24) is 5.06 Å². The molecule has 0 saturated heterocycles. The third-order valence-electron chi connectivity index (χ3n) is 3.08. The smallest absolute Gasteiger partial charge is 0.352 e. The molecule has 0 fully saturated rings. The second-order valence-corrected chi connectivity index (χ2v) is 5.21. The molecular formula is C16H31NO2. The van der Waals surface area contributed by atoms with E-state index in [0.29, 0.717) is 5.57 Å². The summed E-state index contributed by atoms with van der Waals surface area (Å²) in [6, 6.07) is 0. The van der Waals surface area contributed by atoms with E-state index in [2.05, 4.69) is 20.4 Å². The molecule has 0 atom stereocenters. The zero-order chi connectivity index (χ0) is 14.5. The van der Waals surface area contributed by atoms with E-state index in [0.717, 1.165) is 25.9 Å². The van der Waals surface area contributed by atoms with Crippen molar-refractivity contribution in [3.05, 3.63) is 12.2 Å². The van der Waals surface area contributed by atoms with Gasteiger partial charge < -0.3 is 4.84 Å². The van der Waals surface area contributed by atoms with Crippen molar-refractivity contribution in [2.45, 2.75) is 72.1 Å². The zero-order valence-corrected chi connectivity index (χ0v) is 13.0. The summed E-state index contributed by atoms with van der Waals surface area (Å²) in [5.74, 6) is -0.300. The highest BCUT2D eigenvalue weighted by Gasteiger charge is 2.11. The zero-order valence-electron chi connectivity index (χ0n) is 13.0. The third kappa shape index (κ3) is 10.8. The molecule has 112 valence electrons. The molecule has 0 aromatic carbocycles. The lowest BCUT2D eigenvalue weighted by molar-refractivity contribution is -0.186. The maximum Gasteiger partial charge on any atom is 0.352 e. The normalized spacial score (nSPS) is 10.7. The van der Waals surface area contributed by atoms with E-state index in [-0.39, 0.29) is 5.97 Å². The highest BCUT2D eigenvalue weighted by Crippen LogP contribution is 2.07. The Labute approximate surface area is 119 Å². The van der Waals surface area contributed by atoms with Gasteiger partial charge in [-0.15, -0.1) is 5.06 Å². The van der Waals surface area contributed by atoms with Gasteiger partial charge in [0.25, 0.3) is 0 Å². The molecule has 0 aromatic heterocycles. The van der Waals surface area contributed by atoms with E-state index in [1.807, 2.05) is 5.06 Å². The van der Waals surface area contributed by atoms with Gasteiger partial charge in [0.1, 0.15) is 0 Å². The number of carbonyl (C=O) groups excluding carboxylic acids is 1. The molecule has 0 bridgehead atoms. The van der Waals surface area contributed by atoms with Crippen LogP contribution in [0.2, 0.25) is 0 Å². The molecule has 0 rings (SSSR count). The van der Waals surface area contributed by atoms with Gasteiger partial charge in [-0.3, -0.25) is 0 Å². The van der Waals surface area contributed by atoms with Gasteiger partial charge in [0.05, 0.1) is 0 Å². The number of nitrogens with zero attached hydrogens (tertiary/aromatic N) is 1. The summed E-state index contributed by atoms with van der Waals surface area (Å²) in [5, 5.41) is 1.82. The number of hydrogen-bond acceptors (Lipinski definition) is 3. The van der Waals surface area contributed by atoms with Gasteiger partial charge in [-0.25, -0.2) is 4.79 Å². The van der Waals surface area contributed by atoms with E-state index >= 15 is 0 Å². The van der Waals surface area contributed by atoms with E-state index < -0.39 is 0 Å².